The maximum atomic E-state index is 14.2. The van der Waals surface area contributed by atoms with Crippen LogP contribution in [0.1, 0.15) is 30.6 Å². The molecule has 3 rings (SSSR count). The van der Waals surface area contributed by atoms with Crippen molar-refractivity contribution in [2.24, 2.45) is 0 Å². The van der Waals surface area contributed by atoms with Crippen molar-refractivity contribution in [2.45, 2.75) is 38.3 Å². The lowest BCUT2D eigenvalue weighted by atomic mass is 9.97. The van der Waals surface area contributed by atoms with Crippen LogP contribution in [0.4, 0.5) is 4.39 Å². The Hall–Kier alpha value is -1.88. The minimum Gasteiger partial charge on any atom is -0.481 e. The SMILES string of the molecule is CC1C(O)CCc2c(CC(=O)O)c3cccc(F)c3n21. The normalized spacial score (nSPS) is 21.9. The number of hydrogen-bond acceptors (Lipinski definition) is 2. The van der Waals surface area contributed by atoms with E-state index in [1.165, 1.54) is 6.07 Å². The van der Waals surface area contributed by atoms with Crippen molar-refractivity contribution >= 4 is 16.9 Å². The molecular weight excluding hydrogens is 261 g/mol. The third-order valence-electron chi connectivity index (χ3n) is 4.16. The van der Waals surface area contributed by atoms with Crippen molar-refractivity contribution in [3.63, 3.8) is 0 Å². The Balaban J connectivity index is 2.34. The zero-order chi connectivity index (χ0) is 14.4. The van der Waals surface area contributed by atoms with Crippen molar-refractivity contribution in [1.29, 1.82) is 0 Å². The smallest absolute Gasteiger partial charge is 0.307 e. The first-order valence-corrected chi connectivity index (χ1v) is 6.70. The summed E-state index contributed by atoms with van der Waals surface area (Å²) in [6.45, 7) is 1.84. The topological polar surface area (TPSA) is 62.5 Å². The Kier molecular flexibility index (Phi) is 3.01. The molecule has 0 aliphatic carbocycles. The number of aliphatic carboxylic acids is 1. The van der Waals surface area contributed by atoms with E-state index in [0.29, 0.717) is 29.3 Å². The summed E-state index contributed by atoms with van der Waals surface area (Å²) < 4.78 is 16.0. The van der Waals surface area contributed by atoms with Crippen molar-refractivity contribution in [1.82, 2.24) is 4.57 Å². The van der Waals surface area contributed by atoms with E-state index < -0.39 is 12.1 Å². The van der Waals surface area contributed by atoms with Gasteiger partial charge in [-0.15, -0.1) is 0 Å². The van der Waals surface area contributed by atoms with Gasteiger partial charge in [-0.05, 0) is 31.4 Å². The summed E-state index contributed by atoms with van der Waals surface area (Å²) in [5.74, 6) is -1.30. The number of rotatable bonds is 2. The minimum atomic E-state index is -0.927. The predicted molar refractivity (Wildman–Crippen MR) is 72.3 cm³/mol. The van der Waals surface area contributed by atoms with Gasteiger partial charge in [-0.3, -0.25) is 4.79 Å². The molecule has 0 amide bonds. The lowest BCUT2D eigenvalue weighted by molar-refractivity contribution is -0.136. The summed E-state index contributed by atoms with van der Waals surface area (Å²) in [7, 11) is 0. The van der Waals surface area contributed by atoms with Crippen molar-refractivity contribution in [3.8, 4) is 0 Å². The second-order valence-corrected chi connectivity index (χ2v) is 5.35. The van der Waals surface area contributed by atoms with Gasteiger partial charge in [0.15, 0.2) is 0 Å². The highest BCUT2D eigenvalue weighted by Gasteiger charge is 2.30. The number of fused-ring (bicyclic) bond motifs is 3. The highest BCUT2D eigenvalue weighted by atomic mass is 19.1. The van der Waals surface area contributed by atoms with E-state index in [4.69, 9.17) is 5.11 Å². The fourth-order valence-electron chi connectivity index (χ4n) is 3.21. The molecule has 0 spiro atoms. The summed E-state index contributed by atoms with van der Waals surface area (Å²) in [5.41, 5.74) is 1.92. The number of carboxylic acids is 1. The minimum absolute atomic E-state index is 0.120. The molecule has 1 aliphatic heterocycles. The van der Waals surface area contributed by atoms with Crippen LogP contribution in [0, 0.1) is 5.82 Å². The third-order valence-corrected chi connectivity index (χ3v) is 4.16. The second kappa shape index (κ2) is 4.59. The third kappa shape index (κ3) is 1.81. The Morgan fingerprint density at radius 2 is 2.25 bits per heavy atom. The fourth-order valence-corrected chi connectivity index (χ4v) is 3.21. The number of halogens is 1. The van der Waals surface area contributed by atoms with Gasteiger partial charge in [0.05, 0.1) is 24.1 Å². The number of nitrogens with zero attached hydrogens (tertiary/aromatic N) is 1. The van der Waals surface area contributed by atoms with Crippen molar-refractivity contribution in [3.05, 3.63) is 35.3 Å². The zero-order valence-electron chi connectivity index (χ0n) is 11.1. The summed E-state index contributed by atoms with van der Waals surface area (Å²) in [5, 5.41) is 19.7. The Morgan fingerprint density at radius 3 is 2.95 bits per heavy atom. The highest BCUT2D eigenvalue weighted by molar-refractivity contribution is 5.89. The van der Waals surface area contributed by atoms with Crippen LogP contribution in [-0.4, -0.2) is 26.9 Å². The van der Waals surface area contributed by atoms with Gasteiger partial charge in [0, 0.05) is 11.1 Å². The van der Waals surface area contributed by atoms with Crippen LogP contribution in [-0.2, 0) is 17.6 Å². The number of para-hydroxylation sites is 1. The molecule has 0 saturated heterocycles. The summed E-state index contributed by atoms with van der Waals surface area (Å²) in [6.07, 6.45) is 0.495. The lowest BCUT2D eigenvalue weighted by Gasteiger charge is -2.29. The number of benzene rings is 1. The molecule has 2 N–H and O–H groups in total. The molecular formula is C15H16FNO3. The van der Waals surface area contributed by atoms with Gasteiger partial charge >= 0.3 is 5.97 Å². The summed E-state index contributed by atoms with van der Waals surface area (Å²) in [6, 6.07) is 4.46. The number of hydrogen-bond donors (Lipinski definition) is 2. The molecule has 2 aromatic rings. The lowest BCUT2D eigenvalue weighted by Crippen LogP contribution is -2.29. The molecule has 4 nitrogen and oxygen atoms in total. The van der Waals surface area contributed by atoms with Gasteiger partial charge in [-0.2, -0.15) is 0 Å². The molecule has 5 heteroatoms. The molecule has 1 aromatic heterocycles. The molecule has 2 unspecified atom stereocenters. The predicted octanol–water partition coefficient (Wildman–Crippen LogP) is 2.28. The maximum Gasteiger partial charge on any atom is 0.307 e. The number of aromatic nitrogens is 1. The standard InChI is InChI=1S/C15H16FNO3/c1-8-13(18)6-5-12-10(7-14(19)20)9-3-2-4-11(16)15(9)17(8)12/h2-4,8,13,18H,5-7H2,1H3,(H,19,20). The first-order valence-electron chi connectivity index (χ1n) is 6.70. The number of aliphatic hydroxyl groups excluding tert-OH is 1. The van der Waals surface area contributed by atoms with Gasteiger partial charge in [0.2, 0.25) is 0 Å². The fraction of sp³-hybridized carbons (Fsp3) is 0.400. The van der Waals surface area contributed by atoms with Crippen LogP contribution in [0.2, 0.25) is 0 Å². The molecule has 20 heavy (non-hydrogen) atoms. The molecule has 106 valence electrons. The molecule has 0 saturated carbocycles. The molecule has 1 aromatic carbocycles. The van der Waals surface area contributed by atoms with Crippen LogP contribution < -0.4 is 0 Å². The molecule has 2 heterocycles. The van der Waals surface area contributed by atoms with Crippen molar-refractivity contribution < 1.29 is 19.4 Å². The number of carboxylic acid groups (broad SMARTS) is 1. The van der Waals surface area contributed by atoms with Gasteiger partial charge in [0.25, 0.3) is 0 Å². The highest BCUT2D eigenvalue weighted by Crippen LogP contribution is 2.37. The van der Waals surface area contributed by atoms with E-state index in [1.807, 2.05) is 6.92 Å². The molecule has 0 fully saturated rings. The van der Waals surface area contributed by atoms with Crippen LogP contribution in [0.5, 0.6) is 0 Å². The van der Waals surface area contributed by atoms with E-state index in [0.717, 1.165) is 5.69 Å². The number of carbonyl (C=O) groups is 1. The number of aliphatic hydroxyl groups is 1. The van der Waals surface area contributed by atoms with Crippen LogP contribution in [0.3, 0.4) is 0 Å². The first kappa shape index (κ1) is 13.1. The van der Waals surface area contributed by atoms with E-state index in [9.17, 15) is 14.3 Å². The van der Waals surface area contributed by atoms with Gasteiger partial charge in [-0.1, -0.05) is 12.1 Å². The van der Waals surface area contributed by atoms with Crippen LogP contribution in [0.15, 0.2) is 18.2 Å². The van der Waals surface area contributed by atoms with Gasteiger partial charge in [-0.25, -0.2) is 4.39 Å². The largest absolute Gasteiger partial charge is 0.481 e. The van der Waals surface area contributed by atoms with E-state index in [2.05, 4.69) is 0 Å². The molecule has 2 atom stereocenters. The molecule has 0 bridgehead atoms. The van der Waals surface area contributed by atoms with E-state index >= 15 is 0 Å². The first-order chi connectivity index (χ1) is 9.50. The quantitative estimate of drug-likeness (QED) is 0.885. The van der Waals surface area contributed by atoms with Gasteiger partial charge in [0.1, 0.15) is 5.82 Å². The second-order valence-electron chi connectivity index (χ2n) is 5.35. The summed E-state index contributed by atoms with van der Waals surface area (Å²) in [4.78, 5) is 11.1. The van der Waals surface area contributed by atoms with Crippen LogP contribution >= 0.6 is 0 Å². The monoisotopic (exact) mass is 277 g/mol. The van der Waals surface area contributed by atoms with Crippen molar-refractivity contribution in [2.75, 3.05) is 0 Å². The molecule has 1 aliphatic rings. The van der Waals surface area contributed by atoms with E-state index in [1.54, 1.807) is 16.7 Å². The maximum absolute atomic E-state index is 14.2. The average molecular weight is 277 g/mol. The van der Waals surface area contributed by atoms with E-state index in [-0.39, 0.29) is 18.3 Å². The molecule has 0 radical (unpaired) electrons. The average Bonchev–Trinajstić information content (AvgIpc) is 2.70. The zero-order valence-corrected chi connectivity index (χ0v) is 11.1. The Labute approximate surface area is 115 Å². The van der Waals surface area contributed by atoms with Crippen LogP contribution in [0.25, 0.3) is 10.9 Å². The Morgan fingerprint density at radius 1 is 1.50 bits per heavy atom. The Bertz CT molecular complexity index is 692. The summed E-state index contributed by atoms with van der Waals surface area (Å²) >= 11 is 0. The van der Waals surface area contributed by atoms with Gasteiger partial charge < -0.3 is 14.8 Å².